The maximum Gasteiger partial charge on any atom is 0.267 e. The summed E-state index contributed by atoms with van der Waals surface area (Å²) < 4.78 is 2.41. The average molecular weight is 434 g/mol. The normalized spacial score (nSPS) is 10.7. The van der Waals surface area contributed by atoms with Crippen molar-refractivity contribution in [2.24, 2.45) is 0 Å². The topological polar surface area (TPSA) is 112 Å². The number of carbonyl (C=O) groups is 1. The Morgan fingerprint density at radius 2 is 1.61 bits per heavy atom. The number of thiophene rings is 1. The van der Waals surface area contributed by atoms with E-state index in [2.05, 4.69) is 20.5 Å². The molecule has 9 nitrogen and oxygen atoms in total. The van der Waals surface area contributed by atoms with Crippen molar-refractivity contribution in [3.63, 3.8) is 0 Å². The van der Waals surface area contributed by atoms with Crippen LogP contribution in [-0.4, -0.2) is 37.0 Å². The van der Waals surface area contributed by atoms with E-state index < -0.39 is 0 Å². The van der Waals surface area contributed by atoms with Crippen molar-refractivity contribution < 1.29 is 4.79 Å². The van der Waals surface area contributed by atoms with E-state index in [0.29, 0.717) is 11.4 Å². The lowest BCUT2D eigenvalue weighted by atomic mass is 10.2. The second kappa shape index (κ2) is 9.26. The Bertz CT molecular complexity index is 1300. The minimum Gasteiger partial charge on any atom is -0.353 e. The molecule has 0 fully saturated rings. The molecule has 0 aliphatic rings. The summed E-state index contributed by atoms with van der Waals surface area (Å²) in [5.74, 6) is -0.385. The molecule has 0 atom stereocenters. The molecule has 0 aliphatic heterocycles. The summed E-state index contributed by atoms with van der Waals surface area (Å²) in [4.78, 5) is 41.4. The molecule has 4 heterocycles. The van der Waals surface area contributed by atoms with Crippen LogP contribution in [0.3, 0.4) is 0 Å². The Labute approximate surface area is 180 Å². The van der Waals surface area contributed by atoms with Crippen LogP contribution in [0.25, 0.3) is 21.8 Å². The van der Waals surface area contributed by atoms with E-state index in [1.165, 1.54) is 28.2 Å². The van der Waals surface area contributed by atoms with Crippen LogP contribution in [-0.2, 0) is 17.9 Å². The Morgan fingerprint density at radius 1 is 0.903 bits per heavy atom. The molecule has 1 N–H and O–H groups in total. The number of rotatable bonds is 7. The highest BCUT2D eigenvalue weighted by Crippen LogP contribution is 2.21. The number of carbonyl (C=O) groups excluding carboxylic acids is 1. The number of pyridine rings is 1. The van der Waals surface area contributed by atoms with Crippen molar-refractivity contribution in [3.05, 3.63) is 87.0 Å². The van der Waals surface area contributed by atoms with Gasteiger partial charge in [0.1, 0.15) is 12.2 Å². The lowest BCUT2D eigenvalue weighted by Gasteiger charge is -2.09. The number of aromatic nitrogens is 5. The SMILES string of the molecule is O=C(Cn1nc(-c2ccncc2)ccc1=O)NCCn1nc(-c2cccs2)ccc1=O. The van der Waals surface area contributed by atoms with Gasteiger partial charge in [-0.1, -0.05) is 6.07 Å². The largest absolute Gasteiger partial charge is 0.353 e. The summed E-state index contributed by atoms with van der Waals surface area (Å²) in [5.41, 5.74) is 1.42. The first kappa shape index (κ1) is 20.4. The van der Waals surface area contributed by atoms with Gasteiger partial charge in [-0.05, 0) is 35.7 Å². The highest BCUT2D eigenvalue weighted by Gasteiger charge is 2.09. The lowest BCUT2D eigenvalue weighted by Crippen LogP contribution is -2.36. The van der Waals surface area contributed by atoms with Gasteiger partial charge in [0.25, 0.3) is 11.1 Å². The van der Waals surface area contributed by atoms with Gasteiger partial charge >= 0.3 is 0 Å². The van der Waals surface area contributed by atoms with Crippen molar-refractivity contribution >= 4 is 17.2 Å². The molecular weight excluding hydrogens is 416 g/mol. The standard InChI is InChI=1S/C21H18N6O3S/c28-19(14-27-21(30)5-3-16(24-27)15-7-9-22-10-8-15)23-11-12-26-20(29)6-4-17(25-26)18-2-1-13-31-18/h1-10,13H,11-12,14H2,(H,23,28). The summed E-state index contributed by atoms with van der Waals surface area (Å²) in [6.07, 6.45) is 3.26. The van der Waals surface area contributed by atoms with Crippen molar-refractivity contribution in [1.29, 1.82) is 0 Å². The third-order valence-electron chi connectivity index (χ3n) is 4.42. The third-order valence-corrected chi connectivity index (χ3v) is 5.31. The predicted octanol–water partition coefficient (Wildman–Crippen LogP) is 1.41. The zero-order valence-electron chi connectivity index (χ0n) is 16.3. The fourth-order valence-corrected chi connectivity index (χ4v) is 3.59. The van der Waals surface area contributed by atoms with Crippen molar-refractivity contribution in [2.75, 3.05) is 6.54 Å². The van der Waals surface area contributed by atoms with Gasteiger partial charge in [0.2, 0.25) is 5.91 Å². The zero-order chi connectivity index (χ0) is 21.6. The van der Waals surface area contributed by atoms with Gasteiger partial charge in [-0.15, -0.1) is 11.3 Å². The molecule has 0 saturated carbocycles. The van der Waals surface area contributed by atoms with E-state index in [0.717, 1.165) is 15.1 Å². The minimum absolute atomic E-state index is 0.193. The van der Waals surface area contributed by atoms with Crippen LogP contribution < -0.4 is 16.4 Å². The van der Waals surface area contributed by atoms with Crippen molar-refractivity contribution in [3.8, 4) is 21.8 Å². The van der Waals surface area contributed by atoms with Gasteiger partial charge in [0, 0.05) is 36.6 Å². The highest BCUT2D eigenvalue weighted by molar-refractivity contribution is 7.13. The van der Waals surface area contributed by atoms with Crippen molar-refractivity contribution in [2.45, 2.75) is 13.1 Å². The second-order valence-electron chi connectivity index (χ2n) is 6.56. The van der Waals surface area contributed by atoms with Gasteiger partial charge in [0.15, 0.2) is 0 Å². The van der Waals surface area contributed by atoms with E-state index in [1.54, 1.807) is 36.7 Å². The van der Waals surface area contributed by atoms with Crippen LogP contribution in [0.15, 0.2) is 75.9 Å². The molecule has 10 heteroatoms. The molecule has 156 valence electrons. The molecule has 0 bridgehead atoms. The molecule has 0 spiro atoms. The average Bonchev–Trinajstić information content (AvgIpc) is 3.32. The molecule has 4 rings (SSSR count). The van der Waals surface area contributed by atoms with Crippen LogP contribution in [0.1, 0.15) is 0 Å². The predicted molar refractivity (Wildman–Crippen MR) is 117 cm³/mol. The third kappa shape index (κ3) is 4.98. The summed E-state index contributed by atoms with van der Waals surface area (Å²) >= 11 is 1.53. The molecule has 0 aromatic carbocycles. The minimum atomic E-state index is -0.385. The van der Waals surface area contributed by atoms with E-state index in [9.17, 15) is 14.4 Å². The first-order chi connectivity index (χ1) is 15.1. The van der Waals surface area contributed by atoms with Crippen LogP contribution in [0.4, 0.5) is 0 Å². The van der Waals surface area contributed by atoms with Crippen LogP contribution in [0.5, 0.6) is 0 Å². The van der Waals surface area contributed by atoms with Gasteiger partial charge in [0.05, 0.1) is 17.1 Å². The Morgan fingerprint density at radius 3 is 2.35 bits per heavy atom. The van der Waals surface area contributed by atoms with E-state index in [-0.39, 0.29) is 36.7 Å². The zero-order valence-corrected chi connectivity index (χ0v) is 17.2. The van der Waals surface area contributed by atoms with Crippen LogP contribution in [0, 0.1) is 0 Å². The number of nitrogens with one attached hydrogen (secondary N) is 1. The summed E-state index contributed by atoms with van der Waals surface area (Å²) in [6, 6.07) is 13.5. The second-order valence-corrected chi connectivity index (χ2v) is 7.51. The summed E-state index contributed by atoms with van der Waals surface area (Å²) in [5, 5.41) is 13.2. The highest BCUT2D eigenvalue weighted by atomic mass is 32.1. The Balaban J connectivity index is 1.39. The van der Waals surface area contributed by atoms with E-state index >= 15 is 0 Å². The maximum atomic E-state index is 12.3. The number of amides is 1. The molecule has 4 aromatic heterocycles. The molecule has 1 amide bonds. The number of hydrogen-bond acceptors (Lipinski definition) is 7. The van der Waals surface area contributed by atoms with Gasteiger partial charge in [-0.3, -0.25) is 19.4 Å². The van der Waals surface area contributed by atoms with Crippen molar-refractivity contribution in [1.82, 2.24) is 29.9 Å². The molecule has 4 aromatic rings. The number of hydrogen-bond donors (Lipinski definition) is 1. The van der Waals surface area contributed by atoms with Crippen LogP contribution in [0.2, 0.25) is 0 Å². The molecule has 31 heavy (non-hydrogen) atoms. The van der Waals surface area contributed by atoms with Crippen LogP contribution >= 0.6 is 11.3 Å². The Hall–Kier alpha value is -3.92. The maximum absolute atomic E-state index is 12.3. The summed E-state index contributed by atoms with van der Waals surface area (Å²) in [7, 11) is 0. The van der Waals surface area contributed by atoms with Gasteiger partial charge in [-0.2, -0.15) is 10.2 Å². The molecular formula is C21H18N6O3S. The van der Waals surface area contributed by atoms with Gasteiger partial charge in [-0.25, -0.2) is 9.36 Å². The fraction of sp³-hybridized carbons (Fsp3) is 0.143. The van der Waals surface area contributed by atoms with E-state index in [1.807, 2.05) is 17.5 Å². The molecule has 0 unspecified atom stereocenters. The molecule has 0 radical (unpaired) electrons. The van der Waals surface area contributed by atoms with E-state index in [4.69, 9.17) is 0 Å². The Kier molecular flexibility index (Phi) is 6.08. The smallest absolute Gasteiger partial charge is 0.267 e. The number of nitrogens with zero attached hydrogens (tertiary/aromatic N) is 5. The molecule has 0 saturated heterocycles. The monoisotopic (exact) mass is 434 g/mol. The first-order valence-corrected chi connectivity index (χ1v) is 10.4. The first-order valence-electron chi connectivity index (χ1n) is 9.47. The van der Waals surface area contributed by atoms with Gasteiger partial charge < -0.3 is 5.32 Å². The quantitative estimate of drug-likeness (QED) is 0.471. The fourth-order valence-electron chi connectivity index (χ4n) is 2.90. The lowest BCUT2D eigenvalue weighted by molar-refractivity contribution is -0.121. The summed E-state index contributed by atoms with van der Waals surface area (Å²) in [6.45, 7) is 0.177. The molecule has 0 aliphatic carbocycles.